The van der Waals surface area contributed by atoms with Crippen molar-refractivity contribution in [3.05, 3.63) is 52.0 Å². The van der Waals surface area contributed by atoms with Crippen molar-refractivity contribution in [2.45, 2.75) is 33.2 Å². The third-order valence-corrected chi connectivity index (χ3v) is 4.84. The highest BCUT2D eigenvalue weighted by Crippen LogP contribution is 2.15. The van der Waals surface area contributed by atoms with E-state index >= 15 is 0 Å². The summed E-state index contributed by atoms with van der Waals surface area (Å²) in [5.41, 5.74) is 2.14. The fraction of sp³-hybridized carbons (Fsp3) is 0.368. The van der Waals surface area contributed by atoms with Crippen LogP contribution in [-0.4, -0.2) is 29.0 Å². The molecule has 0 unspecified atom stereocenters. The van der Waals surface area contributed by atoms with Crippen LogP contribution < -0.4 is 10.6 Å². The van der Waals surface area contributed by atoms with Crippen LogP contribution in [0.2, 0.25) is 0 Å². The van der Waals surface area contributed by atoms with Crippen LogP contribution in [0.15, 0.2) is 41.4 Å². The number of para-hydroxylation sites is 2. The summed E-state index contributed by atoms with van der Waals surface area (Å²) in [4.78, 5) is 15.3. The largest absolute Gasteiger partial charge is 0.357 e. The molecule has 0 amide bonds. The summed E-state index contributed by atoms with van der Waals surface area (Å²) in [6, 6.07) is 12.4. The Morgan fingerprint density at radius 1 is 1.20 bits per heavy atom. The molecule has 3 N–H and O–H groups in total. The molecule has 0 aliphatic rings. The number of nitrogens with one attached hydrogen (secondary N) is 3. The first-order valence-electron chi connectivity index (χ1n) is 8.75. The summed E-state index contributed by atoms with van der Waals surface area (Å²) in [6.45, 7) is 6.66. The molecule has 0 aliphatic carbocycles. The van der Waals surface area contributed by atoms with E-state index < -0.39 is 0 Å². The van der Waals surface area contributed by atoms with Crippen LogP contribution in [-0.2, 0) is 13.0 Å². The SMILES string of the molecule is CCNC(=NCc1ccc(C)s1)NCCCc1nc2ccccc2[nH]1. The number of benzene rings is 1. The number of thiophene rings is 1. The van der Waals surface area contributed by atoms with E-state index in [4.69, 9.17) is 0 Å². The van der Waals surface area contributed by atoms with Crippen molar-refractivity contribution in [3.8, 4) is 0 Å². The molecule has 0 fully saturated rings. The summed E-state index contributed by atoms with van der Waals surface area (Å²) in [5.74, 6) is 1.91. The van der Waals surface area contributed by atoms with Crippen molar-refractivity contribution in [2.75, 3.05) is 13.1 Å². The molecular weight excluding hydrogens is 330 g/mol. The van der Waals surface area contributed by atoms with Crippen LogP contribution in [0, 0.1) is 6.92 Å². The van der Waals surface area contributed by atoms with E-state index in [1.165, 1.54) is 9.75 Å². The van der Waals surface area contributed by atoms with Crippen molar-refractivity contribution in [1.29, 1.82) is 0 Å². The smallest absolute Gasteiger partial charge is 0.191 e. The number of aryl methyl sites for hydroxylation is 2. The molecule has 2 heterocycles. The lowest BCUT2D eigenvalue weighted by molar-refractivity contribution is 0.727. The number of hydrogen-bond acceptors (Lipinski definition) is 3. The predicted molar refractivity (Wildman–Crippen MR) is 106 cm³/mol. The Balaban J connectivity index is 1.47. The molecule has 3 aromatic rings. The first-order valence-corrected chi connectivity index (χ1v) is 9.57. The van der Waals surface area contributed by atoms with Gasteiger partial charge in [-0.1, -0.05) is 12.1 Å². The maximum Gasteiger partial charge on any atom is 0.191 e. The third-order valence-electron chi connectivity index (χ3n) is 3.85. The van der Waals surface area contributed by atoms with Gasteiger partial charge in [0.2, 0.25) is 0 Å². The van der Waals surface area contributed by atoms with E-state index in [-0.39, 0.29) is 0 Å². The van der Waals surface area contributed by atoms with E-state index in [1.807, 2.05) is 18.2 Å². The number of hydrogen-bond donors (Lipinski definition) is 3. The molecule has 0 aliphatic heterocycles. The molecule has 25 heavy (non-hydrogen) atoms. The third kappa shape index (κ3) is 5.06. The lowest BCUT2D eigenvalue weighted by Gasteiger charge is -2.10. The quantitative estimate of drug-likeness (QED) is 0.344. The van der Waals surface area contributed by atoms with Gasteiger partial charge < -0.3 is 15.6 Å². The van der Waals surface area contributed by atoms with Gasteiger partial charge in [0.1, 0.15) is 5.82 Å². The van der Waals surface area contributed by atoms with Crippen LogP contribution in [0.1, 0.15) is 28.9 Å². The van der Waals surface area contributed by atoms with E-state index in [9.17, 15) is 0 Å². The number of H-pyrrole nitrogens is 1. The van der Waals surface area contributed by atoms with Gasteiger partial charge in [0.25, 0.3) is 0 Å². The fourth-order valence-electron chi connectivity index (χ4n) is 2.66. The van der Waals surface area contributed by atoms with Gasteiger partial charge in [-0.25, -0.2) is 9.98 Å². The minimum absolute atomic E-state index is 0.720. The average Bonchev–Trinajstić information content (AvgIpc) is 3.21. The van der Waals surface area contributed by atoms with Gasteiger partial charge in [-0.2, -0.15) is 0 Å². The molecule has 1 aromatic carbocycles. The first-order chi connectivity index (χ1) is 12.2. The zero-order chi connectivity index (χ0) is 17.5. The van der Waals surface area contributed by atoms with Gasteiger partial charge in [-0.3, -0.25) is 0 Å². The van der Waals surface area contributed by atoms with Crippen LogP contribution >= 0.6 is 11.3 Å². The van der Waals surface area contributed by atoms with Crippen molar-refractivity contribution >= 4 is 28.3 Å². The van der Waals surface area contributed by atoms with Crippen LogP contribution in [0.5, 0.6) is 0 Å². The number of fused-ring (bicyclic) bond motifs is 1. The highest BCUT2D eigenvalue weighted by molar-refractivity contribution is 7.11. The van der Waals surface area contributed by atoms with E-state index in [0.29, 0.717) is 0 Å². The predicted octanol–water partition coefficient (Wildman–Crippen LogP) is 3.62. The molecule has 0 atom stereocenters. The Kier molecular flexibility index (Phi) is 6.06. The van der Waals surface area contributed by atoms with E-state index in [2.05, 4.69) is 57.6 Å². The lowest BCUT2D eigenvalue weighted by Crippen LogP contribution is -2.37. The highest BCUT2D eigenvalue weighted by atomic mass is 32.1. The number of aliphatic imine (C=N–C) groups is 1. The number of imidazole rings is 1. The number of guanidine groups is 1. The molecule has 0 radical (unpaired) electrons. The normalized spacial score (nSPS) is 11.8. The summed E-state index contributed by atoms with van der Waals surface area (Å²) in [6.07, 6.45) is 1.92. The number of aromatic amines is 1. The monoisotopic (exact) mass is 355 g/mol. The van der Waals surface area contributed by atoms with Gasteiger partial charge in [-0.15, -0.1) is 11.3 Å². The topological polar surface area (TPSA) is 65.1 Å². The van der Waals surface area contributed by atoms with Gasteiger partial charge >= 0.3 is 0 Å². The Bertz CT molecular complexity index is 800. The number of aromatic nitrogens is 2. The van der Waals surface area contributed by atoms with E-state index in [0.717, 1.165) is 55.3 Å². The van der Waals surface area contributed by atoms with Crippen molar-refractivity contribution < 1.29 is 0 Å². The lowest BCUT2D eigenvalue weighted by atomic mass is 10.3. The van der Waals surface area contributed by atoms with Crippen LogP contribution in [0.25, 0.3) is 11.0 Å². The molecule has 5 nitrogen and oxygen atoms in total. The fourth-order valence-corrected chi connectivity index (χ4v) is 3.47. The molecule has 3 rings (SSSR count). The second-order valence-electron chi connectivity index (χ2n) is 5.94. The molecule has 132 valence electrons. The Morgan fingerprint density at radius 3 is 2.84 bits per heavy atom. The molecule has 2 aromatic heterocycles. The molecule has 0 spiro atoms. The Hall–Kier alpha value is -2.34. The summed E-state index contributed by atoms with van der Waals surface area (Å²) in [5, 5.41) is 6.70. The standard InChI is InChI=1S/C19H25N5S/c1-3-20-19(22-13-15-11-10-14(2)25-15)21-12-6-9-18-23-16-7-4-5-8-17(16)24-18/h4-5,7-8,10-11H,3,6,9,12-13H2,1-2H3,(H,23,24)(H2,20,21,22). The Morgan fingerprint density at radius 2 is 2.08 bits per heavy atom. The van der Waals surface area contributed by atoms with Crippen molar-refractivity contribution in [2.24, 2.45) is 4.99 Å². The molecule has 0 saturated heterocycles. The number of rotatable bonds is 7. The highest BCUT2D eigenvalue weighted by Gasteiger charge is 2.03. The molecule has 0 bridgehead atoms. The van der Waals surface area contributed by atoms with Crippen molar-refractivity contribution in [3.63, 3.8) is 0 Å². The average molecular weight is 356 g/mol. The summed E-state index contributed by atoms with van der Waals surface area (Å²) in [7, 11) is 0. The van der Waals surface area contributed by atoms with E-state index in [1.54, 1.807) is 11.3 Å². The first kappa shape index (κ1) is 17.5. The maximum absolute atomic E-state index is 4.66. The second-order valence-corrected chi connectivity index (χ2v) is 7.31. The van der Waals surface area contributed by atoms with Gasteiger partial charge in [0.05, 0.1) is 17.6 Å². The molecular formula is C19H25N5S. The van der Waals surface area contributed by atoms with Gasteiger partial charge in [-0.05, 0) is 44.5 Å². The minimum atomic E-state index is 0.720. The van der Waals surface area contributed by atoms with Crippen LogP contribution in [0.4, 0.5) is 0 Å². The molecule has 6 heteroatoms. The zero-order valence-electron chi connectivity index (χ0n) is 14.8. The second kappa shape index (κ2) is 8.67. The number of nitrogens with zero attached hydrogens (tertiary/aromatic N) is 2. The minimum Gasteiger partial charge on any atom is -0.357 e. The maximum atomic E-state index is 4.66. The Labute approximate surface area is 152 Å². The van der Waals surface area contributed by atoms with Gasteiger partial charge in [0, 0.05) is 29.3 Å². The van der Waals surface area contributed by atoms with Crippen LogP contribution in [0.3, 0.4) is 0 Å². The zero-order valence-corrected chi connectivity index (χ0v) is 15.6. The summed E-state index contributed by atoms with van der Waals surface area (Å²) < 4.78 is 0. The van der Waals surface area contributed by atoms with Crippen molar-refractivity contribution in [1.82, 2.24) is 20.6 Å². The summed E-state index contributed by atoms with van der Waals surface area (Å²) >= 11 is 1.80. The molecule has 0 saturated carbocycles. The van der Waals surface area contributed by atoms with Gasteiger partial charge in [0.15, 0.2) is 5.96 Å².